The molecule has 2 aliphatic rings. The molecule has 128 valence electrons. The minimum atomic E-state index is -0.168. The number of piperidine rings is 1. The quantitative estimate of drug-likeness (QED) is 0.859. The smallest absolute Gasteiger partial charge is 0.241 e. The Labute approximate surface area is 145 Å². The Balaban J connectivity index is 1.50. The zero-order chi connectivity index (χ0) is 16.5. The molecule has 1 saturated heterocycles. The van der Waals surface area contributed by atoms with Crippen LogP contribution in [0.4, 0.5) is 0 Å². The summed E-state index contributed by atoms with van der Waals surface area (Å²) in [6.45, 7) is 1.49. The van der Waals surface area contributed by atoms with Gasteiger partial charge in [0.15, 0.2) is 0 Å². The molecule has 4 rings (SSSR count). The first-order valence-electron chi connectivity index (χ1n) is 8.58. The molecule has 2 fully saturated rings. The van der Waals surface area contributed by atoms with E-state index in [9.17, 15) is 5.11 Å². The zero-order valence-corrected chi connectivity index (χ0v) is 14.2. The second-order valence-corrected chi connectivity index (χ2v) is 7.05. The molecule has 3 atom stereocenters. The molecule has 0 radical (unpaired) electrons. The highest BCUT2D eigenvalue weighted by Crippen LogP contribution is 2.36. The van der Waals surface area contributed by atoms with Crippen LogP contribution >= 0.6 is 11.6 Å². The maximum absolute atomic E-state index is 10.3. The molecule has 1 N–H and O–H groups in total. The van der Waals surface area contributed by atoms with E-state index in [4.69, 9.17) is 16.1 Å². The number of halogens is 1. The van der Waals surface area contributed by atoms with Gasteiger partial charge in [-0.25, -0.2) is 4.98 Å². The van der Waals surface area contributed by atoms with Crippen molar-refractivity contribution in [3.05, 3.63) is 29.4 Å². The van der Waals surface area contributed by atoms with Crippen molar-refractivity contribution in [2.24, 2.45) is 5.92 Å². The summed E-state index contributed by atoms with van der Waals surface area (Å²) in [5, 5.41) is 14.7. The van der Waals surface area contributed by atoms with Crippen LogP contribution in [0.3, 0.4) is 0 Å². The fourth-order valence-corrected chi connectivity index (χ4v) is 4.28. The van der Waals surface area contributed by atoms with Gasteiger partial charge in [0.25, 0.3) is 0 Å². The maximum Gasteiger partial charge on any atom is 0.241 e. The van der Waals surface area contributed by atoms with E-state index in [-0.39, 0.29) is 6.10 Å². The third-order valence-electron chi connectivity index (χ3n) is 5.26. The lowest BCUT2D eigenvalue weighted by molar-refractivity contribution is -0.0425. The number of aliphatic hydroxyl groups is 1. The molecule has 0 spiro atoms. The number of hydrogen-bond acceptors (Lipinski definition) is 6. The predicted octanol–water partition coefficient (Wildman–Crippen LogP) is 2.91. The van der Waals surface area contributed by atoms with Crippen LogP contribution in [0, 0.1) is 5.92 Å². The average Bonchev–Trinajstić information content (AvgIpc) is 3.06. The topological polar surface area (TPSA) is 75.3 Å². The number of aliphatic hydroxyl groups excluding tert-OH is 1. The average molecular weight is 349 g/mol. The number of rotatable bonds is 3. The molecule has 2 aromatic heterocycles. The Morgan fingerprint density at radius 3 is 3.04 bits per heavy atom. The molecule has 1 aliphatic heterocycles. The molecule has 24 heavy (non-hydrogen) atoms. The van der Waals surface area contributed by atoms with Crippen molar-refractivity contribution < 1.29 is 9.63 Å². The van der Waals surface area contributed by atoms with Crippen LogP contribution in [-0.2, 0) is 6.54 Å². The van der Waals surface area contributed by atoms with E-state index in [0.717, 1.165) is 25.8 Å². The van der Waals surface area contributed by atoms with Crippen LogP contribution in [0.2, 0.25) is 5.15 Å². The van der Waals surface area contributed by atoms with Crippen molar-refractivity contribution in [1.82, 2.24) is 20.0 Å². The van der Waals surface area contributed by atoms with Crippen molar-refractivity contribution in [3.63, 3.8) is 0 Å². The Morgan fingerprint density at radius 1 is 1.29 bits per heavy atom. The predicted molar refractivity (Wildman–Crippen MR) is 89.3 cm³/mol. The number of hydrogen-bond donors (Lipinski definition) is 1. The lowest BCUT2D eigenvalue weighted by atomic mass is 9.76. The lowest BCUT2D eigenvalue weighted by Crippen LogP contribution is -2.52. The van der Waals surface area contributed by atoms with E-state index in [0.29, 0.717) is 40.9 Å². The fourth-order valence-electron chi connectivity index (χ4n) is 4.07. The second-order valence-electron chi connectivity index (χ2n) is 6.70. The third-order valence-corrected chi connectivity index (χ3v) is 5.56. The van der Waals surface area contributed by atoms with Crippen LogP contribution in [0.25, 0.3) is 11.4 Å². The summed E-state index contributed by atoms with van der Waals surface area (Å²) >= 11 is 6.10. The van der Waals surface area contributed by atoms with Crippen molar-refractivity contribution in [2.75, 3.05) is 6.54 Å². The van der Waals surface area contributed by atoms with Crippen LogP contribution < -0.4 is 0 Å². The summed E-state index contributed by atoms with van der Waals surface area (Å²) in [7, 11) is 0. The van der Waals surface area contributed by atoms with Gasteiger partial charge in [0, 0.05) is 24.7 Å². The Morgan fingerprint density at radius 2 is 2.17 bits per heavy atom. The highest BCUT2D eigenvalue weighted by atomic mass is 35.5. The normalized spacial score (nSPS) is 27.8. The van der Waals surface area contributed by atoms with Crippen LogP contribution in [-0.4, -0.2) is 43.8 Å². The second kappa shape index (κ2) is 6.78. The van der Waals surface area contributed by atoms with Crippen molar-refractivity contribution in [1.29, 1.82) is 0 Å². The number of fused-ring (bicyclic) bond motifs is 1. The van der Waals surface area contributed by atoms with Gasteiger partial charge in [-0.1, -0.05) is 29.6 Å². The van der Waals surface area contributed by atoms with E-state index in [1.165, 1.54) is 12.8 Å². The number of likely N-dealkylation sites (tertiary alicyclic amines) is 1. The summed E-state index contributed by atoms with van der Waals surface area (Å²) in [5.74, 6) is 1.44. The summed E-state index contributed by atoms with van der Waals surface area (Å²) in [4.78, 5) is 10.9. The molecule has 2 aromatic rings. The summed E-state index contributed by atoms with van der Waals surface area (Å²) in [6, 6.07) is 4.05. The molecule has 7 heteroatoms. The SMILES string of the molecule is OC1CCN(Cc2nc(-c3cccnc3Cl)no2)C2CCCCC12. The molecule has 6 nitrogen and oxygen atoms in total. The first-order chi connectivity index (χ1) is 11.7. The van der Waals surface area contributed by atoms with E-state index < -0.39 is 0 Å². The Hall–Kier alpha value is -1.50. The first kappa shape index (κ1) is 16.0. The minimum absolute atomic E-state index is 0.168. The van der Waals surface area contributed by atoms with Gasteiger partial charge in [0.05, 0.1) is 18.2 Å². The van der Waals surface area contributed by atoms with Gasteiger partial charge >= 0.3 is 0 Å². The van der Waals surface area contributed by atoms with Gasteiger partial charge in [-0.15, -0.1) is 0 Å². The molecule has 0 bridgehead atoms. The Bertz CT molecular complexity index is 707. The van der Waals surface area contributed by atoms with E-state index in [2.05, 4.69) is 20.0 Å². The molecular weight excluding hydrogens is 328 g/mol. The van der Waals surface area contributed by atoms with E-state index >= 15 is 0 Å². The van der Waals surface area contributed by atoms with E-state index in [1.54, 1.807) is 12.3 Å². The summed E-state index contributed by atoms with van der Waals surface area (Å²) < 4.78 is 5.43. The monoisotopic (exact) mass is 348 g/mol. The number of nitrogens with zero attached hydrogens (tertiary/aromatic N) is 4. The number of pyridine rings is 1. The van der Waals surface area contributed by atoms with Crippen LogP contribution in [0.5, 0.6) is 0 Å². The molecule has 3 unspecified atom stereocenters. The molecule has 3 heterocycles. The first-order valence-corrected chi connectivity index (χ1v) is 8.96. The zero-order valence-electron chi connectivity index (χ0n) is 13.4. The van der Waals surface area contributed by atoms with Crippen molar-refractivity contribution in [3.8, 4) is 11.4 Å². The molecule has 0 aromatic carbocycles. The highest BCUT2D eigenvalue weighted by Gasteiger charge is 2.39. The van der Waals surface area contributed by atoms with Gasteiger partial charge < -0.3 is 9.63 Å². The lowest BCUT2D eigenvalue weighted by Gasteiger charge is -2.46. The summed E-state index contributed by atoms with van der Waals surface area (Å²) in [6.07, 6.45) is 6.98. The molecule has 1 saturated carbocycles. The van der Waals surface area contributed by atoms with Crippen molar-refractivity contribution in [2.45, 2.75) is 50.8 Å². The van der Waals surface area contributed by atoms with Gasteiger partial charge in [-0.2, -0.15) is 4.98 Å². The summed E-state index contributed by atoms with van der Waals surface area (Å²) in [5.41, 5.74) is 0.679. The van der Waals surface area contributed by atoms with Gasteiger partial charge in [-0.3, -0.25) is 4.90 Å². The standard InChI is InChI=1S/C17H21ClN4O2/c18-16-12(5-3-8-19-16)17-20-15(24-21-17)10-22-9-7-14(23)11-4-1-2-6-13(11)22/h3,5,8,11,13-14,23H,1-2,4,6-7,9-10H2. The van der Waals surface area contributed by atoms with Gasteiger partial charge in [0.2, 0.25) is 11.7 Å². The van der Waals surface area contributed by atoms with Gasteiger partial charge in [0.1, 0.15) is 5.15 Å². The fraction of sp³-hybridized carbons (Fsp3) is 0.588. The molecule has 1 aliphatic carbocycles. The van der Waals surface area contributed by atoms with Crippen molar-refractivity contribution >= 4 is 11.6 Å². The number of aromatic nitrogens is 3. The molecular formula is C17H21ClN4O2. The largest absolute Gasteiger partial charge is 0.393 e. The minimum Gasteiger partial charge on any atom is -0.393 e. The molecule has 0 amide bonds. The Kier molecular flexibility index (Phi) is 4.52. The van der Waals surface area contributed by atoms with E-state index in [1.807, 2.05) is 6.07 Å². The highest BCUT2D eigenvalue weighted by molar-refractivity contribution is 6.31. The third kappa shape index (κ3) is 3.06. The maximum atomic E-state index is 10.3. The van der Waals surface area contributed by atoms with Crippen LogP contribution in [0.15, 0.2) is 22.9 Å². The van der Waals surface area contributed by atoms with Crippen LogP contribution in [0.1, 0.15) is 38.0 Å². The van der Waals surface area contributed by atoms with Gasteiger partial charge in [-0.05, 0) is 31.4 Å².